The fourth-order valence-electron chi connectivity index (χ4n) is 4.05. The number of likely N-dealkylation sites (N-methyl/N-ethyl adjacent to an activating group) is 1. The number of hydrogen-bond acceptors (Lipinski definition) is 6. The Kier molecular flexibility index (Phi) is 8.40. The van der Waals surface area contributed by atoms with Crippen molar-refractivity contribution in [2.24, 2.45) is 5.92 Å². The molecule has 2 aromatic carbocycles. The number of halogens is 1. The number of ether oxygens (including phenoxy) is 1. The van der Waals surface area contributed by atoms with E-state index in [1.807, 2.05) is 38.1 Å². The molecule has 1 amide bonds. The maximum absolute atomic E-state index is 13.3. The van der Waals surface area contributed by atoms with E-state index < -0.39 is 28.0 Å². The number of aliphatic hydroxyl groups excluding tert-OH is 1. The van der Waals surface area contributed by atoms with Gasteiger partial charge in [-0.25, -0.2) is 12.8 Å². The number of hydrogen-bond donors (Lipinski definition) is 1. The number of aliphatic hydroxyl groups is 1. The predicted octanol–water partition coefficient (Wildman–Crippen LogP) is 2.36. The zero-order valence-electron chi connectivity index (χ0n) is 20.8. The van der Waals surface area contributed by atoms with Crippen molar-refractivity contribution >= 4 is 21.6 Å². The van der Waals surface area contributed by atoms with Gasteiger partial charge < -0.3 is 19.6 Å². The third kappa shape index (κ3) is 6.12. The monoisotopic (exact) mass is 507 g/mol. The zero-order valence-corrected chi connectivity index (χ0v) is 21.6. The first-order valence-corrected chi connectivity index (χ1v) is 13.0. The molecule has 0 saturated heterocycles. The van der Waals surface area contributed by atoms with Crippen LogP contribution < -0.4 is 9.64 Å². The molecule has 0 aromatic heterocycles. The number of sulfonamides is 1. The third-order valence-electron chi connectivity index (χ3n) is 6.38. The highest BCUT2D eigenvalue weighted by molar-refractivity contribution is 7.89. The lowest BCUT2D eigenvalue weighted by Gasteiger charge is -2.33. The van der Waals surface area contributed by atoms with Gasteiger partial charge in [0, 0.05) is 44.9 Å². The van der Waals surface area contributed by atoms with Crippen molar-refractivity contribution in [1.82, 2.24) is 9.21 Å². The van der Waals surface area contributed by atoms with Gasteiger partial charge in [-0.3, -0.25) is 4.79 Å². The number of carbonyl (C=O) groups is 1. The molecule has 0 saturated carbocycles. The van der Waals surface area contributed by atoms with Crippen molar-refractivity contribution in [3.63, 3.8) is 0 Å². The van der Waals surface area contributed by atoms with Crippen LogP contribution in [0.2, 0.25) is 0 Å². The van der Waals surface area contributed by atoms with E-state index in [2.05, 4.69) is 0 Å². The summed E-state index contributed by atoms with van der Waals surface area (Å²) in [5, 5.41) is 9.75. The highest BCUT2D eigenvalue weighted by Gasteiger charge is 2.33. The van der Waals surface area contributed by atoms with Crippen LogP contribution in [0.15, 0.2) is 47.4 Å². The minimum Gasteiger partial charge on any atom is -0.488 e. The molecule has 0 bridgehead atoms. The van der Waals surface area contributed by atoms with Gasteiger partial charge in [0.25, 0.3) is 0 Å². The van der Waals surface area contributed by atoms with Gasteiger partial charge in [0.15, 0.2) is 0 Å². The molecule has 10 heteroatoms. The minimum absolute atomic E-state index is 0.0150. The summed E-state index contributed by atoms with van der Waals surface area (Å²) in [6.45, 7) is 3.80. The van der Waals surface area contributed by atoms with Gasteiger partial charge in [-0.05, 0) is 49.4 Å². The highest BCUT2D eigenvalue weighted by Crippen LogP contribution is 2.30. The van der Waals surface area contributed by atoms with E-state index >= 15 is 0 Å². The smallest absolute Gasteiger partial charge is 0.242 e. The predicted molar refractivity (Wildman–Crippen MR) is 133 cm³/mol. The van der Waals surface area contributed by atoms with Crippen LogP contribution in [-0.2, 0) is 21.2 Å². The largest absolute Gasteiger partial charge is 0.488 e. The quantitative estimate of drug-likeness (QED) is 0.619. The molecule has 0 radical (unpaired) electrons. The lowest BCUT2D eigenvalue weighted by atomic mass is 10.0. The van der Waals surface area contributed by atoms with Gasteiger partial charge in [0.05, 0.1) is 30.5 Å². The van der Waals surface area contributed by atoms with E-state index in [-0.39, 0.29) is 36.3 Å². The molecule has 0 unspecified atom stereocenters. The SMILES string of the molecule is C[C@@H]1CN([C@@H](C)CO)C(=O)Cc2cc(N(C)C)ccc2O[C@H]1CN(C)S(=O)(=O)c1ccc(F)cc1. The minimum atomic E-state index is -3.89. The molecular weight excluding hydrogens is 473 g/mol. The maximum atomic E-state index is 13.3. The molecule has 0 aliphatic carbocycles. The standard InChI is InChI=1S/C25H34FN3O5S/c1-17-14-29(18(2)16-30)25(31)13-19-12-21(27(3)4)8-11-23(19)34-24(17)15-28(5)35(32,33)22-9-6-20(26)7-10-22/h6-12,17-18,24,30H,13-16H2,1-5H3/t17-,18+,24+/m1/s1. The summed E-state index contributed by atoms with van der Waals surface area (Å²) in [4.78, 5) is 16.8. The van der Waals surface area contributed by atoms with E-state index in [0.717, 1.165) is 17.8 Å². The molecule has 1 aliphatic rings. The van der Waals surface area contributed by atoms with Crippen molar-refractivity contribution in [3.8, 4) is 5.75 Å². The number of benzene rings is 2. The molecule has 3 atom stereocenters. The summed E-state index contributed by atoms with van der Waals surface area (Å²) < 4.78 is 47.1. The van der Waals surface area contributed by atoms with Crippen LogP contribution in [0.1, 0.15) is 19.4 Å². The topological polar surface area (TPSA) is 90.4 Å². The summed E-state index contributed by atoms with van der Waals surface area (Å²) in [6.07, 6.45) is -0.483. The lowest BCUT2D eigenvalue weighted by molar-refractivity contribution is -0.134. The zero-order chi connectivity index (χ0) is 25.9. The molecule has 0 fully saturated rings. The Labute approximate surface area is 207 Å². The van der Waals surface area contributed by atoms with Crippen molar-refractivity contribution in [2.45, 2.75) is 37.3 Å². The Morgan fingerprint density at radius 2 is 1.83 bits per heavy atom. The van der Waals surface area contributed by atoms with Crippen LogP contribution in [0.5, 0.6) is 5.75 Å². The Morgan fingerprint density at radius 1 is 1.17 bits per heavy atom. The van der Waals surface area contributed by atoms with E-state index in [1.54, 1.807) is 17.9 Å². The molecule has 8 nitrogen and oxygen atoms in total. The van der Waals surface area contributed by atoms with E-state index in [9.17, 15) is 22.7 Å². The number of nitrogens with zero attached hydrogens (tertiary/aromatic N) is 3. The summed E-state index contributed by atoms with van der Waals surface area (Å²) in [5.41, 5.74) is 1.60. The Hall–Kier alpha value is -2.69. The number of anilines is 1. The third-order valence-corrected chi connectivity index (χ3v) is 8.21. The second kappa shape index (κ2) is 10.9. The second-order valence-corrected chi connectivity index (χ2v) is 11.4. The van der Waals surface area contributed by atoms with Crippen molar-refractivity contribution < 1.29 is 27.4 Å². The first kappa shape index (κ1) is 26.9. The normalized spacial score (nSPS) is 19.9. The van der Waals surface area contributed by atoms with Crippen molar-refractivity contribution in [3.05, 3.63) is 53.8 Å². The lowest BCUT2D eigenvalue weighted by Crippen LogP contribution is -2.48. The molecule has 1 aliphatic heterocycles. The Balaban J connectivity index is 1.97. The number of carbonyl (C=O) groups excluding carboxylic acids is 1. The first-order chi connectivity index (χ1) is 16.4. The van der Waals surface area contributed by atoms with Crippen LogP contribution in [-0.4, -0.2) is 81.6 Å². The van der Waals surface area contributed by atoms with Gasteiger partial charge in [-0.15, -0.1) is 0 Å². The molecule has 192 valence electrons. The van der Waals surface area contributed by atoms with Crippen LogP contribution in [0.25, 0.3) is 0 Å². The fourth-order valence-corrected chi connectivity index (χ4v) is 5.23. The van der Waals surface area contributed by atoms with Crippen LogP contribution in [0.3, 0.4) is 0 Å². The number of fused-ring (bicyclic) bond motifs is 1. The highest BCUT2D eigenvalue weighted by atomic mass is 32.2. The summed E-state index contributed by atoms with van der Waals surface area (Å²) >= 11 is 0. The van der Waals surface area contributed by atoms with Gasteiger partial charge in [-0.1, -0.05) is 6.92 Å². The number of rotatable bonds is 7. The first-order valence-electron chi connectivity index (χ1n) is 11.5. The average Bonchev–Trinajstić information content (AvgIpc) is 2.86. The molecule has 1 heterocycles. The number of amides is 1. The molecular formula is C25H34FN3O5S. The molecule has 35 heavy (non-hydrogen) atoms. The van der Waals surface area contributed by atoms with Crippen LogP contribution in [0, 0.1) is 11.7 Å². The second-order valence-electron chi connectivity index (χ2n) is 9.31. The van der Waals surface area contributed by atoms with Gasteiger partial charge >= 0.3 is 0 Å². The summed E-state index contributed by atoms with van der Waals surface area (Å²) in [5.74, 6) is -0.381. The Morgan fingerprint density at radius 3 is 2.43 bits per heavy atom. The van der Waals surface area contributed by atoms with Crippen molar-refractivity contribution in [1.29, 1.82) is 0 Å². The van der Waals surface area contributed by atoms with Crippen LogP contribution in [0.4, 0.5) is 10.1 Å². The van der Waals surface area contributed by atoms with Crippen LogP contribution >= 0.6 is 0 Å². The summed E-state index contributed by atoms with van der Waals surface area (Å²) in [7, 11) is 1.37. The average molecular weight is 508 g/mol. The molecule has 1 N–H and O–H groups in total. The van der Waals surface area contributed by atoms with Crippen molar-refractivity contribution in [2.75, 3.05) is 45.7 Å². The van der Waals surface area contributed by atoms with E-state index in [0.29, 0.717) is 17.9 Å². The fraction of sp³-hybridized carbons (Fsp3) is 0.480. The van der Waals surface area contributed by atoms with Gasteiger partial charge in [-0.2, -0.15) is 4.31 Å². The van der Waals surface area contributed by atoms with E-state index in [1.165, 1.54) is 23.5 Å². The summed E-state index contributed by atoms with van der Waals surface area (Å²) in [6, 6.07) is 9.86. The molecule has 3 rings (SSSR count). The van der Waals surface area contributed by atoms with Gasteiger partial charge in [0.2, 0.25) is 15.9 Å². The Bertz CT molecular complexity index is 1140. The van der Waals surface area contributed by atoms with E-state index in [4.69, 9.17) is 4.74 Å². The molecule has 0 spiro atoms. The van der Waals surface area contributed by atoms with Gasteiger partial charge in [0.1, 0.15) is 17.7 Å². The molecule has 2 aromatic rings. The maximum Gasteiger partial charge on any atom is 0.242 e.